The highest BCUT2D eigenvalue weighted by molar-refractivity contribution is 5.74. The van der Waals surface area contributed by atoms with Gasteiger partial charge in [0.05, 0.1) is 6.54 Å². The molecule has 0 unspecified atom stereocenters. The van der Waals surface area contributed by atoms with Gasteiger partial charge in [-0.2, -0.15) is 0 Å². The van der Waals surface area contributed by atoms with Gasteiger partial charge in [0, 0.05) is 25.2 Å². The van der Waals surface area contributed by atoms with Crippen LogP contribution in [0, 0.1) is 0 Å². The van der Waals surface area contributed by atoms with Crippen LogP contribution in [0.2, 0.25) is 0 Å². The minimum Gasteiger partial charge on any atom is -0.448 e. The normalized spacial score (nSPS) is 21.4. The summed E-state index contributed by atoms with van der Waals surface area (Å²) in [4.78, 5) is 26.9. The van der Waals surface area contributed by atoms with E-state index in [1.54, 1.807) is 4.90 Å². The number of urea groups is 1. The highest BCUT2D eigenvalue weighted by atomic mass is 16.6. The molecular formula is C12H21N3O3. The molecule has 1 N–H and O–H groups in total. The smallest absolute Gasteiger partial charge is 0.410 e. The number of nitrogens with zero attached hydrogens (tertiary/aromatic N) is 2. The van der Waals surface area contributed by atoms with Gasteiger partial charge in [0.1, 0.15) is 6.61 Å². The van der Waals surface area contributed by atoms with Gasteiger partial charge in [-0.1, -0.05) is 0 Å². The van der Waals surface area contributed by atoms with Crippen molar-refractivity contribution in [3.05, 3.63) is 0 Å². The molecule has 0 saturated carbocycles. The van der Waals surface area contributed by atoms with E-state index in [4.69, 9.17) is 4.74 Å². The van der Waals surface area contributed by atoms with Crippen LogP contribution in [0.5, 0.6) is 0 Å². The number of piperidine rings is 1. The minimum absolute atomic E-state index is 0.00699. The monoisotopic (exact) mass is 255 g/mol. The number of likely N-dealkylation sites (tertiary alicyclic amines) is 1. The number of rotatable bonds is 2. The van der Waals surface area contributed by atoms with Gasteiger partial charge in [0.25, 0.3) is 0 Å². The maximum atomic E-state index is 11.8. The van der Waals surface area contributed by atoms with Crippen molar-refractivity contribution < 1.29 is 14.3 Å². The Hall–Kier alpha value is -1.46. The zero-order valence-electron chi connectivity index (χ0n) is 11.0. The lowest BCUT2D eigenvalue weighted by molar-refractivity contribution is 0.122. The predicted molar refractivity (Wildman–Crippen MR) is 66.3 cm³/mol. The van der Waals surface area contributed by atoms with E-state index in [0.29, 0.717) is 26.2 Å². The molecule has 6 heteroatoms. The van der Waals surface area contributed by atoms with E-state index >= 15 is 0 Å². The maximum Gasteiger partial charge on any atom is 0.410 e. The summed E-state index contributed by atoms with van der Waals surface area (Å²) in [5, 5.41) is 2.89. The number of cyclic esters (lactones) is 1. The third kappa shape index (κ3) is 2.86. The highest BCUT2D eigenvalue weighted by Crippen LogP contribution is 2.19. The summed E-state index contributed by atoms with van der Waals surface area (Å²) in [7, 11) is 0. The fourth-order valence-corrected chi connectivity index (χ4v) is 2.46. The van der Waals surface area contributed by atoms with Gasteiger partial charge in [-0.05, 0) is 26.7 Å². The number of ether oxygens (including phenoxy) is 1. The lowest BCUT2D eigenvalue weighted by Gasteiger charge is -2.35. The Morgan fingerprint density at radius 1 is 1.33 bits per heavy atom. The molecule has 2 fully saturated rings. The number of carbonyl (C=O) groups excluding carboxylic acids is 2. The van der Waals surface area contributed by atoms with Gasteiger partial charge in [-0.25, -0.2) is 9.59 Å². The fraction of sp³-hybridized carbons (Fsp3) is 0.833. The Morgan fingerprint density at radius 2 is 2.00 bits per heavy atom. The molecule has 0 atom stereocenters. The standard InChI is InChI=1S/C12H21N3O3/c1-9(2)13-11(16)14-5-3-10(4-6-14)15-7-8-18-12(15)17/h9-10H,3-8H2,1-2H3,(H,13,16). The van der Waals surface area contributed by atoms with Gasteiger partial charge >= 0.3 is 12.1 Å². The number of hydrogen-bond donors (Lipinski definition) is 1. The van der Waals surface area contributed by atoms with Crippen molar-refractivity contribution in [3.63, 3.8) is 0 Å². The first kappa shape index (κ1) is 13.0. The van der Waals surface area contributed by atoms with E-state index in [9.17, 15) is 9.59 Å². The van der Waals surface area contributed by atoms with Crippen molar-refractivity contribution in [2.24, 2.45) is 0 Å². The third-order valence-electron chi connectivity index (χ3n) is 3.40. The number of hydrogen-bond acceptors (Lipinski definition) is 3. The Morgan fingerprint density at radius 3 is 2.50 bits per heavy atom. The molecule has 6 nitrogen and oxygen atoms in total. The van der Waals surface area contributed by atoms with Crippen LogP contribution in [-0.2, 0) is 4.74 Å². The molecule has 0 spiro atoms. The Bertz CT molecular complexity index is 325. The molecule has 18 heavy (non-hydrogen) atoms. The molecule has 0 aromatic carbocycles. The van der Waals surface area contributed by atoms with Crippen LogP contribution in [0.1, 0.15) is 26.7 Å². The van der Waals surface area contributed by atoms with Crippen molar-refractivity contribution in [1.29, 1.82) is 0 Å². The summed E-state index contributed by atoms with van der Waals surface area (Å²) in [5.74, 6) is 0. The molecule has 2 aliphatic rings. The highest BCUT2D eigenvalue weighted by Gasteiger charge is 2.33. The van der Waals surface area contributed by atoms with Gasteiger partial charge in [0.15, 0.2) is 0 Å². The SMILES string of the molecule is CC(C)NC(=O)N1CCC(N2CCOC2=O)CC1. The van der Waals surface area contributed by atoms with E-state index in [2.05, 4.69) is 5.32 Å². The van der Waals surface area contributed by atoms with Crippen LogP contribution in [0.4, 0.5) is 9.59 Å². The average Bonchev–Trinajstić information content (AvgIpc) is 2.75. The molecule has 3 amide bonds. The van der Waals surface area contributed by atoms with Crippen molar-refractivity contribution in [1.82, 2.24) is 15.1 Å². The topological polar surface area (TPSA) is 61.9 Å². The fourth-order valence-electron chi connectivity index (χ4n) is 2.46. The zero-order valence-corrected chi connectivity index (χ0v) is 11.0. The van der Waals surface area contributed by atoms with Gasteiger partial charge in [-0.3, -0.25) is 0 Å². The van der Waals surface area contributed by atoms with E-state index in [0.717, 1.165) is 12.8 Å². The summed E-state index contributed by atoms with van der Waals surface area (Å²) in [6.45, 7) is 6.48. The van der Waals surface area contributed by atoms with E-state index < -0.39 is 0 Å². The van der Waals surface area contributed by atoms with Crippen molar-refractivity contribution in [2.75, 3.05) is 26.2 Å². The van der Waals surface area contributed by atoms with Crippen molar-refractivity contribution in [2.45, 2.75) is 38.8 Å². The first-order chi connectivity index (χ1) is 8.58. The second-order valence-electron chi connectivity index (χ2n) is 5.13. The van der Waals surface area contributed by atoms with Gasteiger partial charge < -0.3 is 19.9 Å². The molecule has 0 aliphatic carbocycles. The lowest BCUT2D eigenvalue weighted by Crippen LogP contribution is -2.50. The second kappa shape index (κ2) is 5.46. The van der Waals surface area contributed by atoms with E-state index in [1.807, 2.05) is 18.7 Å². The molecule has 2 heterocycles. The molecule has 0 bridgehead atoms. The van der Waals surface area contributed by atoms with Crippen molar-refractivity contribution in [3.8, 4) is 0 Å². The Balaban J connectivity index is 1.81. The molecule has 2 rings (SSSR count). The zero-order chi connectivity index (χ0) is 13.1. The maximum absolute atomic E-state index is 11.8. The summed E-state index contributed by atoms with van der Waals surface area (Å²) in [6.07, 6.45) is 1.46. The molecular weight excluding hydrogens is 234 g/mol. The first-order valence-electron chi connectivity index (χ1n) is 6.57. The number of nitrogens with one attached hydrogen (secondary N) is 1. The van der Waals surface area contributed by atoms with Crippen LogP contribution in [0.25, 0.3) is 0 Å². The lowest BCUT2D eigenvalue weighted by atomic mass is 10.0. The molecule has 0 radical (unpaired) electrons. The van der Waals surface area contributed by atoms with Crippen molar-refractivity contribution >= 4 is 12.1 Å². The summed E-state index contributed by atoms with van der Waals surface area (Å²) < 4.78 is 4.94. The molecule has 102 valence electrons. The van der Waals surface area contributed by atoms with Crippen LogP contribution in [0.3, 0.4) is 0 Å². The van der Waals surface area contributed by atoms with E-state index in [-0.39, 0.29) is 24.2 Å². The number of amides is 3. The van der Waals surface area contributed by atoms with E-state index in [1.165, 1.54) is 0 Å². The molecule has 2 saturated heterocycles. The summed E-state index contributed by atoms with van der Waals surface area (Å²) in [6, 6.07) is 0.374. The van der Waals surface area contributed by atoms with Gasteiger partial charge in [-0.15, -0.1) is 0 Å². The van der Waals surface area contributed by atoms with Gasteiger partial charge in [0.2, 0.25) is 0 Å². The average molecular weight is 255 g/mol. The molecule has 2 aliphatic heterocycles. The molecule has 0 aromatic rings. The second-order valence-corrected chi connectivity index (χ2v) is 5.13. The van der Waals surface area contributed by atoms with Crippen LogP contribution < -0.4 is 5.32 Å². The summed E-state index contributed by atoms with van der Waals surface area (Å²) in [5.41, 5.74) is 0. The Kier molecular flexibility index (Phi) is 3.93. The largest absolute Gasteiger partial charge is 0.448 e. The Labute approximate surface area is 107 Å². The minimum atomic E-state index is -0.208. The first-order valence-corrected chi connectivity index (χ1v) is 6.57. The van der Waals surface area contributed by atoms with Crippen LogP contribution in [0.15, 0.2) is 0 Å². The summed E-state index contributed by atoms with van der Waals surface area (Å²) >= 11 is 0. The van der Waals surface area contributed by atoms with Crippen LogP contribution >= 0.6 is 0 Å². The molecule has 0 aromatic heterocycles. The third-order valence-corrected chi connectivity index (χ3v) is 3.40. The predicted octanol–water partition coefficient (Wildman–Crippen LogP) is 1.02. The number of carbonyl (C=O) groups is 2. The van der Waals surface area contributed by atoms with Crippen LogP contribution in [-0.4, -0.2) is 60.2 Å². The quantitative estimate of drug-likeness (QED) is 0.801.